The van der Waals surface area contributed by atoms with E-state index in [1.807, 2.05) is 6.92 Å². The molecular formula is C10H18N6O. The first-order chi connectivity index (χ1) is 8.17. The molecule has 7 heteroatoms. The van der Waals surface area contributed by atoms with Crippen molar-refractivity contribution in [1.82, 2.24) is 15.3 Å². The summed E-state index contributed by atoms with van der Waals surface area (Å²) in [6, 6.07) is 1.31. The summed E-state index contributed by atoms with van der Waals surface area (Å²) in [4.78, 5) is 19.5. The second-order valence-corrected chi connectivity index (χ2v) is 3.57. The number of rotatable bonds is 6. The zero-order valence-corrected chi connectivity index (χ0v) is 10.0. The molecule has 1 amide bonds. The van der Waals surface area contributed by atoms with Gasteiger partial charge < -0.3 is 10.6 Å². The van der Waals surface area contributed by atoms with Crippen LogP contribution in [0.1, 0.15) is 20.3 Å². The van der Waals surface area contributed by atoms with E-state index in [0.717, 1.165) is 6.42 Å². The fourth-order valence-electron chi connectivity index (χ4n) is 1.20. The fraction of sp³-hybridized carbons (Fsp3) is 0.500. The van der Waals surface area contributed by atoms with Crippen LogP contribution in [-0.2, 0) is 4.79 Å². The first kappa shape index (κ1) is 13.2. The van der Waals surface area contributed by atoms with E-state index in [2.05, 4.69) is 26.0 Å². The van der Waals surface area contributed by atoms with Crippen LogP contribution in [0.5, 0.6) is 0 Å². The van der Waals surface area contributed by atoms with Gasteiger partial charge in [-0.15, -0.1) is 0 Å². The molecule has 7 nitrogen and oxygen atoms in total. The third-order valence-electron chi connectivity index (χ3n) is 2.09. The highest BCUT2D eigenvalue weighted by Crippen LogP contribution is 2.06. The molecule has 1 atom stereocenters. The van der Waals surface area contributed by atoms with Crippen LogP contribution in [0, 0.1) is 0 Å². The lowest BCUT2D eigenvalue weighted by Gasteiger charge is -2.14. The summed E-state index contributed by atoms with van der Waals surface area (Å²) in [6.07, 6.45) is 2.47. The monoisotopic (exact) mass is 238 g/mol. The molecule has 0 aromatic carbocycles. The third kappa shape index (κ3) is 4.23. The molecule has 0 spiro atoms. The van der Waals surface area contributed by atoms with Gasteiger partial charge in [-0.25, -0.2) is 10.8 Å². The number of nitrogens with two attached hydrogens (primary N) is 1. The van der Waals surface area contributed by atoms with Gasteiger partial charge in [0.25, 0.3) is 0 Å². The van der Waals surface area contributed by atoms with Gasteiger partial charge in [0.15, 0.2) is 0 Å². The maximum atomic E-state index is 11.6. The average Bonchev–Trinajstić information content (AvgIpc) is 2.36. The number of carbonyl (C=O) groups is 1. The minimum Gasteiger partial charge on any atom is -0.358 e. The molecular weight excluding hydrogens is 220 g/mol. The Morgan fingerprint density at radius 1 is 1.59 bits per heavy atom. The van der Waals surface area contributed by atoms with Crippen molar-refractivity contribution in [3.05, 3.63) is 12.3 Å². The van der Waals surface area contributed by atoms with Crippen LogP contribution in [0.2, 0.25) is 0 Å². The van der Waals surface area contributed by atoms with Crippen LogP contribution in [0.15, 0.2) is 12.3 Å². The topological polar surface area (TPSA) is 105 Å². The highest BCUT2D eigenvalue weighted by atomic mass is 16.2. The summed E-state index contributed by atoms with van der Waals surface area (Å²) in [5.74, 6) is 5.98. The van der Waals surface area contributed by atoms with Crippen LogP contribution in [0.4, 0.5) is 11.8 Å². The number of nitrogen functional groups attached to an aromatic ring is 1. The highest BCUT2D eigenvalue weighted by Gasteiger charge is 2.12. The van der Waals surface area contributed by atoms with Crippen LogP contribution in [-0.4, -0.2) is 28.5 Å². The molecule has 1 aromatic heterocycles. The number of nitrogens with one attached hydrogen (secondary N) is 3. The second kappa shape index (κ2) is 6.64. The minimum atomic E-state index is -0.359. The molecule has 1 rings (SSSR count). The van der Waals surface area contributed by atoms with Gasteiger partial charge in [-0.1, -0.05) is 6.92 Å². The quantitative estimate of drug-likeness (QED) is 0.413. The summed E-state index contributed by atoms with van der Waals surface area (Å²) in [5, 5.41) is 5.76. The molecule has 94 valence electrons. The summed E-state index contributed by atoms with van der Waals surface area (Å²) < 4.78 is 0. The van der Waals surface area contributed by atoms with E-state index < -0.39 is 0 Å². The lowest BCUT2D eigenvalue weighted by Crippen LogP contribution is -2.38. The molecule has 0 saturated carbocycles. The molecule has 0 fully saturated rings. The predicted octanol–water partition coefficient (Wildman–Crippen LogP) is 0.0888. The summed E-state index contributed by atoms with van der Waals surface area (Å²) in [5.41, 5.74) is 2.34. The fourth-order valence-corrected chi connectivity index (χ4v) is 1.20. The highest BCUT2D eigenvalue weighted by molar-refractivity contribution is 5.83. The SMILES string of the molecule is CCCNC(=O)C(C)Nc1ccnc(NN)n1. The lowest BCUT2D eigenvalue weighted by molar-refractivity contribution is -0.121. The maximum absolute atomic E-state index is 11.6. The van der Waals surface area contributed by atoms with Crippen molar-refractivity contribution in [1.29, 1.82) is 0 Å². The van der Waals surface area contributed by atoms with Crippen molar-refractivity contribution in [2.45, 2.75) is 26.3 Å². The minimum absolute atomic E-state index is 0.0623. The molecule has 1 heterocycles. The van der Waals surface area contributed by atoms with Crippen molar-refractivity contribution < 1.29 is 4.79 Å². The molecule has 0 bridgehead atoms. The summed E-state index contributed by atoms with van der Waals surface area (Å²) in [6.45, 7) is 4.44. The Labute approximate surface area is 100 Å². The Morgan fingerprint density at radius 3 is 3.00 bits per heavy atom. The van der Waals surface area contributed by atoms with E-state index in [0.29, 0.717) is 18.3 Å². The van der Waals surface area contributed by atoms with E-state index >= 15 is 0 Å². The normalized spacial score (nSPS) is 11.7. The average molecular weight is 238 g/mol. The Bertz CT molecular complexity index is 370. The number of nitrogens with zero attached hydrogens (tertiary/aromatic N) is 2. The van der Waals surface area contributed by atoms with Gasteiger partial charge in [0.1, 0.15) is 11.9 Å². The van der Waals surface area contributed by atoms with Gasteiger partial charge in [0, 0.05) is 12.7 Å². The number of hydrogen-bond acceptors (Lipinski definition) is 6. The van der Waals surface area contributed by atoms with Gasteiger partial charge in [-0.3, -0.25) is 10.2 Å². The number of carbonyl (C=O) groups excluding carboxylic acids is 1. The molecule has 1 unspecified atom stereocenters. The van der Waals surface area contributed by atoms with Gasteiger partial charge in [-0.2, -0.15) is 4.98 Å². The van der Waals surface area contributed by atoms with Crippen molar-refractivity contribution in [2.75, 3.05) is 17.3 Å². The lowest BCUT2D eigenvalue weighted by atomic mass is 10.3. The molecule has 0 radical (unpaired) electrons. The van der Waals surface area contributed by atoms with Crippen molar-refractivity contribution in [3.63, 3.8) is 0 Å². The van der Waals surface area contributed by atoms with Gasteiger partial charge in [0.05, 0.1) is 0 Å². The van der Waals surface area contributed by atoms with Crippen LogP contribution in [0.3, 0.4) is 0 Å². The summed E-state index contributed by atoms with van der Waals surface area (Å²) in [7, 11) is 0. The van der Waals surface area contributed by atoms with Crippen LogP contribution < -0.4 is 21.9 Å². The zero-order valence-electron chi connectivity index (χ0n) is 10.0. The Morgan fingerprint density at radius 2 is 2.35 bits per heavy atom. The van der Waals surface area contributed by atoms with E-state index in [9.17, 15) is 4.79 Å². The Kier molecular flexibility index (Phi) is 5.15. The van der Waals surface area contributed by atoms with Gasteiger partial charge in [0.2, 0.25) is 11.9 Å². The first-order valence-electron chi connectivity index (χ1n) is 5.51. The van der Waals surface area contributed by atoms with E-state index in [-0.39, 0.29) is 11.9 Å². The molecule has 0 aliphatic heterocycles. The third-order valence-corrected chi connectivity index (χ3v) is 2.09. The number of anilines is 2. The van der Waals surface area contributed by atoms with Gasteiger partial charge in [-0.05, 0) is 19.4 Å². The number of hydrogen-bond donors (Lipinski definition) is 4. The smallest absolute Gasteiger partial charge is 0.242 e. The predicted molar refractivity (Wildman–Crippen MR) is 66.2 cm³/mol. The summed E-state index contributed by atoms with van der Waals surface area (Å²) >= 11 is 0. The molecule has 0 aliphatic rings. The second-order valence-electron chi connectivity index (χ2n) is 3.57. The molecule has 0 saturated heterocycles. The van der Waals surface area contributed by atoms with Crippen molar-refractivity contribution in [2.24, 2.45) is 5.84 Å². The molecule has 0 aliphatic carbocycles. The molecule has 5 N–H and O–H groups in total. The number of amides is 1. The van der Waals surface area contributed by atoms with Gasteiger partial charge >= 0.3 is 0 Å². The molecule has 17 heavy (non-hydrogen) atoms. The number of hydrazine groups is 1. The van der Waals surface area contributed by atoms with Crippen molar-refractivity contribution in [3.8, 4) is 0 Å². The Balaban J connectivity index is 2.54. The molecule has 1 aromatic rings. The van der Waals surface area contributed by atoms with E-state index in [1.54, 1.807) is 19.2 Å². The first-order valence-corrected chi connectivity index (χ1v) is 5.51. The van der Waals surface area contributed by atoms with Crippen LogP contribution in [0.25, 0.3) is 0 Å². The van der Waals surface area contributed by atoms with Crippen molar-refractivity contribution >= 4 is 17.7 Å². The zero-order chi connectivity index (χ0) is 12.7. The van der Waals surface area contributed by atoms with Crippen LogP contribution >= 0.6 is 0 Å². The standard InChI is InChI=1S/C10H18N6O/c1-3-5-12-9(17)7(2)14-8-4-6-13-10(15-8)16-11/h4,6-7H,3,5,11H2,1-2H3,(H,12,17)(H2,13,14,15,16). The van der Waals surface area contributed by atoms with E-state index in [1.165, 1.54) is 0 Å². The maximum Gasteiger partial charge on any atom is 0.242 e. The largest absolute Gasteiger partial charge is 0.358 e. The van der Waals surface area contributed by atoms with E-state index in [4.69, 9.17) is 5.84 Å². The number of aromatic nitrogens is 2. The Hall–Kier alpha value is -1.89.